The number of benzene rings is 1. The zero-order chi connectivity index (χ0) is 20.1. The number of alkyl halides is 3. The molecule has 0 radical (unpaired) electrons. The Balaban J connectivity index is 1.75. The zero-order valence-electron chi connectivity index (χ0n) is 16.6. The number of rotatable bonds is 4. The summed E-state index contributed by atoms with van der Waals surface area (Å²) in [6.07, 6.45) is 0.276. The quantitative estimate of drug-likeness (QED) is 0.605. The van der Waals surface area contributed by atoms with Gasteiger partial charge in [0.1, 0.15) is 0 Å². The van der Waals surface area contributed by atoms with E-state index in [2.05, 4.69) is 32.5 Å². The third-order valence-electron chi connectivity index (χ3n) is 5.62. The molecule has 1 saturated heterocycles. The summed E-state index contributed by atoms with van der Waals surface area (Å²) in [5.41, 5.74) is 0.902. The van der Waals surface area contributed by atoms with E-state index in [4.69, 9.17) is 0 Å². The molecule has 28 heavy (non-hydrogen) atoms. The van der Waals surface area contributed by atoms with Gasteiger partial charge in [0.05, 0.1) is 5.56 Å². The van der Waals surface area contributed by atoms with Gasteiger partial charge in [0.15, 0.2) is 5.96 Å². The van der Waals surface area contributed by atoms with E-state index in [0.29, 0.717) is 24.1 Å². The molecule has 1 saturated carbocycles. The molecule has 1 aliphatic heterocycles. The highest BCUT2D eigenvalue weighted by atomic mass is 19.4. The summed E-state index contributed by atoms with van der Waals surface area (Å²) in [5, 5.41) is 6.60. The summed E-state index contributed by atoms with van der Waals surface area (Å²) >= 11 is 0. The summed E-state index contributed by atoms with van der Waals surface area (Å²) in [6.45, 7) is 3.73. The predicted molar refractivity (Wildman–Crippen MR) is 107 cm³/mol. The molecule has 5 nitrogen and oxygen atoms in total. The molecule has 1 aromatic carbocycles. The molecule has 2 aliphatic rings. The average Bonchev–Trinajstić information content (AvgIpc) is 3.18. The third kappa shape index (κ3) is 5.31. The number of piperazine rings is 1. The fourth-order valence-electron chi connectivity index (χ4n) is 3.90. The van der Waals surface area contributed by atoms with Crippen molar-refractivity contribution in [2.75, 3.05) is 45.2 Å². The van der Waals surface area contributed by atoms with Crippen LogP contribution in [0.15, 0.2) is 23.2 Å². The number of aliphatic imine (C=N–C) groups is 1. The van der Waals surface area contributed by atoms with Gasteiger partial charge in [0, 0.05) is 51.5 Å². The van der Waals surface area contributed by atoms with E-state index in [1.54, 1.807) is 13.1 Å². The summed E-state index contributed by atoms with van der Waals surface area (Å²) in [6, 6.07) is 4.45. The van der Waals surface area contributed by atoms with Crippen LogP contribution in [-0.2, 0) is 12.7 Å². The van der Waals surface area contributed by atoms with E-state index in [9.17, 15) is 13.2 Å². The summed E-state index contributed by atoms with van der Waals surface area (Å²) < 4.78 is 39.8. The van der Waals surface area contributed by atoms with Crippen LogP contribution in [0.1, 0.15) is 36.8 Å². The van der Waals surface area contributed by atoms with E-state index in [1.807, 2.05) is 0 Å². The van der Waals surface area contributed by atoms with Crippen LogP contribution in [0.2, 0.25) is 0 Å². The van der Waals surface area contributed by atoms with E-state index < -0.39 is 11.7 Å². The van der Waals surface area contributed by atoms with Gasteiger partial charge in [-0.2, -0.15) is 13.2 Å². The Morgan fingerprint density at radius 1 is 1.14 bits per heavy atom. The van der Waals surface area contributed by atoms with Gasteiger partial charge in [-0.25, -0.2) is 0 Å². The second kappa shape index (κ2) is 9.03. The molecule has 0 amide bonds. The lowest BCUT2D eigenvalue weighted by molar-refractivity contribution is -0.137. The van der Waals surface area contributed by atoms with E-state index >= 15 is 0 Å². The smallest absolute Gasteiger partial charge is 0.369 e. The topological polar surface area (TPSA) is 42.9 Å². The number of likely N-dealkylation sites (N-methyl/N-ethyl adjacent to an activating group) is 1. The molecular weight excluding hydrogens is 367 g/mol. The van der Waals surface area contributed by atoms with Crippen LogP contribution < -0.4 is 15.5 Å². The minimum atomic E-state index is -4.35. The highest BCUT2D eigenvalue weighted by Gasteiger charge is 2.31. The third-order valence-corrected chi connectivity index (χ3v) is 5.62. The first-order valence-corrected chi connectivity index (χ1v) is 9.97. The lowest BCUT2D eigenvalue weighted by Crippen LogP contribution is -2.45. The van der Waals surface area contributed by atoms with Crippen LogP contribution in [0.5, 0.6) is 0 Å². The second-order valence-electron chi connectivity index (χ2n) is 7.68. The first-order valence-electron chi connectivity index (χ1n) is 9.97. The van der Waals surface area contributed by atoms with Crippen molar-refractivity contribution < 1.29 is 13.2 Å². The van der Waals surface area contributed by atoms with Crippen LogP contribution in [0.4, 0.5) is 18.9 Å². The van der Waals surface area contributed by atoms with Crippen molar-refractivity contribution in [1.82, 2.24) is 15.5 Å². The Bertz CT molecular complexity index is 675. The molecule has 2 N–H and O–H groups in total. The Labute approximate surface area is 165 Å². The van der Waals surface area contributed by atoms with E-state index in [1.165, 1.54) is 25.0 Å². The molecule has 1 heterocycles. The number of anilines is 1. The fraction of sp³-hybridized carbons (Fsp3) is 0.650. The lowest BCUT2D eigenvalue weighted by atomic mass is 10.1. The maximum atomic E-state index is 13.3. The molecule has 1 aromatic rings. The standard InChI is InChI=1S/C20H30F3N5/c1-24-19(26-17-5-3-4-6-17)25-14-15-13-16(20(21,22)23)7-8-18(15)28-11-9-27(2)10-12-28/h7-8,13,17H,3-6,9-12,14H2,1-2H3,(H2,24,25,26). The van der Waals surface area contributed by atoms with E-state index in [-0.39, 0.29) is 0 Å². The number of hydrogen-bond donors (Lipinski definition) is 2. The zero-order valence-corrected chi connectivity index (χ0v) is 16.6. The summed E-state index contributed by atoms with van der Waals surface area (Å²) in [5.74, 6) is 0.647. The second-order valence-corrected chi connectivity index (χ2v) is 7.68. The van der Waals surface area contributed by atoms with Gasteiger partial charge < -0.3 is 20.4 Å². The average molecular weight is 397 g/mol. The summed E-state index contributed by atoms with van der Waals surface area (Å²) in [7, 11) is 3.75. The number of hydrogen-bond acceptors (Lipinski definition) is 3. The molecule has 2 fully saturated rings. The van der Waals surface area contributed by atoms with Crippen LogP contribution in [-0.4, -0.2) is 57.2 Å². The molecule has 8 heteroatoms. The predicted octanol–water partition coefficient (Wildman–Crippen LogP) is 3.06. The first-order chi connectivity index (χ1) is 13.4. The minimum Gasteiger partial charge on any atom is -0.369 e. The molecule has 0 aromatic heterocycles. The monoisotopic (exact) mass is 397 g/mol. The Morgan fingerprint density at radius 3 is 2.43 bits per heavy atom. The van der Waals surface area contributed by atoms with Gasteiger partial charge >= 0.3 is 6.18 Å². The van der Waals surface area contributed by atoms with Crippen molar-refractivity contribution >= 4 is 11.6 Å². The van der Waals surface area contributed by atoms with Crippen molar-refractivity contribution in [2.45, 2.75) is 44.4 Å². The van der Waals surface area contributed by atoms with Gasteiger partial charge in [0.2, 0.25) is 0 Å². The van der Waals surface area contributed by atoms with Gasteiger partial charge in [-0.3, -0.25) is 4.99 Å². The number of guanidine groups is 1. The molecule has 0 bridgehead atoms. The Kier molecular flexibility index (Phi) is 6.69. The normalized spacial score (nSPS) is 19.9. The fourth-order valence-corrected chi connectivity index (χ4v) is 3.90. The largest absolute Gasteiger partial charge is 0.416 e. The lowest BCUT2D eigenvalue weighted by Gasteiger charge is -2.35. The van der Waals surface area contributed by atoms with Crippen molar-refractivity contribution in [1.29, 1.82) is 0 Å². The molecule has 1 aliphatic carbocycles. The Morgan fingerprint density at radius 2 is 1.82 bits per heavy atom. The van der Waals surface area contributed by atoms with Crippen LogP contribution in [0.25, 0.3) is 0 Å². The maximum Gasteiger partial charge on any atom is 0.416 e. The van der Waals surface area contributed by atoms with Crippen molar-refractivity contribution in [3.8, 4) is 0 Å². The maximum absolute atomic E-state index is 13.3. The van der Waals surface area contributed by atoms with Gasteiger partial charge in [0.25, 0.3) is 0 Å². The van der Waals surface area contributed by atoms with E-state index in [0.717, 1.165) is 44.7 Å². The number of nitrogens with zero attached hydrogens (tertiary/aromatic N) is 3. The molecule has 0 atom stereocenters. The minimum absolute atomic E-state index is 0.304. The van der Waals surface area contributed by atoms with Crippen molar-refractivity contribution in [3.05, 3.63) is 29.3 Å². The highest BCUT2D eigenvalue weighted by Crippen LogP contribution is 2.33. The van der Waals surface area contributed by atoms with Crippen molar-refractivity contribution in [2.24, 2.45) is 4.99 Å². The SMILES string of the molecule is CN=C(NCc1cc(C(F)(F)F)ccc1N1CCN(C)CC1)NC1CCCC1. The molecule has 3 rings (SSSR count). The summed E-state index contributed by atoms with van der Waals surface area (Å²) in [4.78, 5) is 8.64. The van der Waals surface area contributed by atoms with Gasteiger partial charge in [-0.05, 0) is 43.7 Å². The Hall–Kier alpha value is -1.96. The molecule has 0 spiro atoms. The van der Waals surface area contributed by atoms with Crippen LogP contribution in [0.3, 0.4) is 0 Å². The van der Waals surface area contributed by atoms with Gasteiger partial charge in [-0.15, -0.1) is 0 Å². The van der Waals surface area contributed by atoms with Gasteiger partial charge in [-0.1, -0.05) is 12.8 Å². The van der Waals surface area contributed by atoms with Crippen LogP contribution in [0, 0.1) is 0 Å². The first kappa shape index (κ1) is 20.8. The number of nitrogens with one attached hydrogen (secondary N) is 2. The molecule has 0 unspecified atom stereocenters. The highest BCUT2D eigenvalue weighted by molar-refractivity contribution is 5.80. The molecule has 156 valence electrons. The van der Waals surface area contributed by atoms with Crippen LogP contribution >= 0.6 is 0 Å². The molecular formula is C20H30F3N5. The number of halogens is 3. The van der Waals surface area contributed by atoms with Crippen molar-refractivity contribution in [3.63, 3.8) is 0 Å².